The van der Waals surface area contributed by atoms with Crippen LogP contribution in [0.25, 0.3) is 32.6 Å². The molecule has 0 saturated carbocycles. The normalized spacial score (nSPS) is 12.3. The maximum atomic E-state index is 13.0. The van der Waals surface area contributed by atoms with Crippen LogP contribution in [0, 0.1) is 0 Å². The van der Waals surface area contributed by atoms with Crippen LogP contribution in [0.3, 0.4) is 0 Å². The molecule has 6 rings (SSSR count). The van der Waals surface area contributed by atoms with Crippen LogP contribution in [0.15, 0.2) is 84.0 Å². The number of ether oxygens (including phenoxy) is 2. The average Bonchev–Trinajstić information content (AvgIpc) is 3.53. The van der Waals surface area contributed by atoms with Gasteiger partial charge in [0.2, 0.25) is 6.79 Å². The highest BCUT2D eigenvalue weighted by Gasteiger charge is 2.23. The van der Waals surface area contributed by atoms with E-state index in [1.165, 1.54) is 17.6 Å². The smallest absolute Gasteiger partial charge is 0.283 e. The van der Waals surface area contributed by atoms with Crippen LogP contribution in [0.1, 0.15) is 15.2 Å². The number of anilines is 1. The van der Waals surface area contributed by atoms with Crippen molar-refractivity contribution >= 4 is 39.4 Å². The molecule has 1 amide bonds. The molecule has 9 heteroatoms. The minimum atomic E-state index is -0.423. The van der Waals surface area contributed by atoms with Crippen molar-refractivity contribution in [2.75, 3.05) is 12.5 Å². The molecule has 176 valence electrons. The van der Waals surface area contributed by atoms with Gasteiger partial charge in [-0.1, -0.05) is 60.7 Å². The van der Waals surface area contributed by atoms with Crippen molar-refractivity contribution in [3.8, 4) is 33.9 Å². The summed E-state index contributed by atoms with van der Waals surface area (Å²) in [5.74, 6) is 0.896. The Kier molecular flexibility index (Phi) is 5.51. The van der Waals surface area contributed by atoms with E-state index in [9.17, 15) is 4.79 Å². The number of nitrogens with one attached hydrogen (secondary N) is 1. The topological polar surface area (TPSA) is 112 Å². The number of amides is 1. The summed E-state index contributed by atoms with van der Waals surface area (Å²) in [6, 6.07) is 25.1. The van der Waals surface area contributed by atoms with Gasteiger partial charge in [-0.25, -0.2) is 5.43 Å². The van der Waals surface area contributed by atoms with Crippen molar-refractivity contribution in [3.63, 3.8) is 0 Å². The van der Waals surface area contributed by atoms with E-state index in [0.717, 1.165) is 22.3 Å². The third kappa shape index (κ3) is 3.91. The third-order valence-electron chi connectivity index (χ3n) is 5.75. The summed E-state index contributed by atoms with van der Waals surface area (Å²) in [4.78, 5) is 13.9. The molecule has 0 fully saturated rings. The van der Waals surface area contributed by atoms with Crippen molar-refractivity contribution in [3.05, 3.63) is 89.3 Å². The number of hydrazone groups is 1. The number of fused-ring (bicyclic) bond motifs is 2. The summed E-state index contributed by atoms with van der Waals surface area (Å²) >= 11 is 1.19. The van der Waals surface area contributed by atoms with Crippen LogP contribution in [0.5, 0.6) is 11.5 Å². The highest BCUT2D eigenvalue weighted by molar-refractivity contribution is 7.21. The molecule has 5 aromatic rings. The maximum absolute atomic E-state index is 13.0. The lowest BCUT2D eigenvalue weighted by Gasteiger charge is -2.11. The molecule has 0 spiro atoms. The molecule has 1 aliphatic rings. The number of nitrogen functional groups attached to an aromatic ring is 1. The first-order chi connectivity index (χ1) is 17.7. The van der Waals surface area contributed by atoms with Gasteiger partial charge in [0, 0.05) is 16.5 Å². The molecule has 3 N–H and O–H groups in total. The van der Waals surface area contributed by atoms with Crippen molar-refractivity contribution in [1.82, 2.24) is 15.6 Å². The number of thiophene rings is 1. The number of nitrogens with two attached hydrogens (primary N) is 1. The fourth-order valence-electron chi connectivity index (χ4n) is 4.07. The van der Waals surface area contributed by atoms with E-state index in [0.29, 0.717) is 38.0 Å². The third-order valence-corrected chi connectivity index (χ3v) is 6.84. The monoisotopic (exact) mass is 493 g/mol. The largest absolute Gasteiger partial charge is 0.454 e. The van der Waals surface area contributed by atoms with E-state index in [1.54, 1.807) is 12.1 Å². The number of aromatic nitrogens is 2. The molecular formula is C27H19N5O3S. The Morgan fingerprint density at radius 1 is 0.944 bits per heavy atom. The van der Waals surface area contributed by atoms with Gasteiger partial charge in [0.25, 0.3) is 5.91 Å². The SMILES string of the molecule is Nc1c(C(=O)NN=Cc2ccc3c(c2)OCO3)sc2nnc(-c3ccccc3)c(-c3ccccc3)c12. The van der Waals surface area contributed by atoms with E-state index in [4.69, 9.17) is 15.2 Å². The minimum absolute atomic E-state index is 0.192. The standard InChI is InChI=1S/C27H19N5O3S/c28-23-22-21(17-7-3-1-4-8-17)24(18-9-5-2-6-10-18)30-32-27(22)36-25(23)26(33)31-29-14-16-11-12-19-20(13-16)35-15-34-19/h1-14H,15,28H2,(H,31,33). The summed E-state index contributed by atoms with van der Waals surface area (Å²) in [5, 5.41) is 13.7. The first kappa shape index (κ1) is 21.8. The Bertz CT molecular complexity index is 1620. The van der Waals surface area contributed by atoms with E-state index >= 15 is 0 Å². The highest BCUT2D eigenvalue weighted by atomic mass is 32.1. The molecule has 3 aromatic carbocycles. The lowest BCUT2D eigenvalue weighted by atomic mass is 9.96. The molecule has 1 aliphatic heterocycles. The quantitative estimate of drug-likeness (QED) is 0.260. The number of carbonyl (C=O) groups is 1. The molecule has 8 nitrogen and oxygen atoms in total. The van der Waals surface area contributed by atoms with E-state index in [2.05, 4.69) is 20.7 Å². The Hall–Kier alpha value is -4.76. The zero-order valence-corrected chi connectivity index (χ0v) is 19.7. The first-order valence-corrected chi connectivity index (χ1v) is 11.9. The second-order valence-electron chi connectivity index (χ2n) is 7.99. The molecule has 0 bridgehead atoms. The van der Waals surface area contributed by atoms with Crippen molar-refractivity contribution < 1.29 is 14.3 Å². The summed E-state index contributed by atoms with van der Waals surface area (Å²) < 4.78 is 10.7. The number of benzene rings is 3. The highest BCUT2D eigenvalue weighted by Crippen LogP contribution is 2.42. The summed E-state index contributed by atoms with van der Waals surface area (Å²) in [7, 11) is 0. The summed E-state index contributed by atoms with van der Waals surface area (Å²) in [5.41, 5.74) is 13.6. The Morgan fingerprint density at radius 3 is 2.44 bits per heavy atom. The van der Waals surface area contributed by atoms with Gasteiger partial charge >= 0.3 is 0 Å². The van der Waals surface area contributed by atoms with Gasteiger partial charge in [-0.2, -0.15) is 5.10 Å². The van der Waals surface area contributed by atoms with Crippen molar-refractivity contribution in [2.45, 2.75) is 0 Å². The molecule has 0 unspecified atom stereocenters. The zero-order valence-electron chi connectivity index (χ0n) is 18.8. The summed E-state index contributed by atoms with van der Waals surface area (Å²) in [6.07, 6.45) is 1.53. The van der Waals surface area contributed by atoms with Gasteiger partial charge in [-0.3, -0.25) is 4.79 Å². The van der Waals surface area contributed by atoms with Crippen LogP contribution in [-0.4, -0.2) is 29.1 Å². The predicted octanol–water partition coefficient (Wildman–Crippen LogP) is 5.10. The fourth-order valence-corrected chi connectivity index (χ4v) is 5.01. The Labute approximate surface area is 210 Å². The van der Waals surface area contributed by atoms with Crippen LogP contribution in [0.2, 0.25) is 0 Å². The molecule has 0 radical (unpaired) electrons. The Morgan fingerprint density at radius 2 is 1.67 bits per heavy atom. The van der Waals surface area contributed by atoms with Crippen molar-refractivity contribution in [2.24, 2.45) is 5.10 Å². The minimum Gasteiger partial charge on any atom is -0.454 e. The van der Waals surface area contributed by atoms with Gasteiger partial charge in [0.05, 0.1) is 11.9 Å². The van der Waals surface area contributed by atoms with Gasteiger partial charge in [-0.05, 0) is 29.3 Å². The van der Waals surface area contributed by atoms with Gasteiger partial charge < -0.3 is 15.2 Å². The second kappa shape index (κ2) is 9.12. The van der Waals surface area contributed by atoms with Gasteiger partial charge in [0.15, 0.2) is 11.5 Å². The van der Waals surface area contributed by atoms with Crippen LogP contribution in [-0.2, 0) is 0 Å². The number of rotatable bonds is 5. The number of hydrogen-bond acceptors (Lipinski definition) is 8. The lowest BCUT2D eigenvalue weighted by Crippen LogP contribution is -2.17. The second-order valence-corrected chi connectivity index (χ2v) is 8.99. The predicted molar refractivity (Wildman–Crippen MR) is 140 cm³/mol. The number of carbonyl (C=O) groups excluding carboxylic acids is 1. The van der Waals surface area contributed by atoms with E-state index in [1.807, 2.05) is 66.7 Å². The molecule has 0 saturated heterocycles. The van der Waals surface area contributed by atoms with Gasteiger partial charge in [-0.15, -0.1) is 21.5 Å². The number of nitrogens with zero attached hydrogens (tertiary/aromatic N) is 3. The van der Waals surface area contributed by atoms with Crippen molar-refractivity contribution in [1.29, 1.82) is 0 Å². The fraction of sp³-hybridized carbons (Fsp3) is 0.0370. The summed E-state index contributed by atoms with van der Waals surface area (Å²) in [6.45, 7) is 0.192. The maximum Gasteiger partial charge on any atom is 0.283 e. The molecule has 2 aromatic heterocycles. The molecule has 0 aliphatic carbocycles. The van der Waals surface area contributed by atoms with Crippen LogP contribution >= 0.6 is 11.3 Å². The van der Waals surface area contributed by atoms with Crippen LogP contribution < -0.4 is 20.6 Å². The molecule has 36 heavy (non-hydrogen) atoms. The Balaban J connectivity index is 1.37. The van der Waals surface area contributed by atoms with Gasteiger partial charge in [0.1, 0.15) is 15.4 Å². The average molecular weight is 494 g/mol. The first-order valence-electron chi connectivity index (χ1n) is 11.1. The number of hydrogen-bond donors (Lipinski definition) is 2. The molecule has 3 heterocycles. The van der Waals surface area contributed by atoms with Crippen LogP contribution in [0.4, 0.5) is 5.69 Å². The molecule has 0 atom stereocenters. The van der Waals surface area contributed by atoms with E-state index in [-0.39, 0.29) is 6.79 Å². The molecular weight excluding hydrogens is 474 g/mol. The zero-order chi connectivity index (χ0) is 24.5. The van der Waals surface area contributed by atoms with E-state index < -0.39 is 5.91 Å². The lowest BCUT2D eigenvalue weighted by molar-refractivity contribution is 0.0960.